The molecule has 0 fully saturated rings. The molecule has 0 saturated carbocycles. The Morgan fingerprint density at radius 3 is 2.75 bits per heavy atom. The molecule has 3 nitrogen and oxygen atoms in total. The van der Waals surface area contributed by atoms with Crippen molar-refractivity contribution in [3.8, 4) is 6.07 Å². The summed E-state index contributed by atoms with van der Waals surface area (Å²) in [6, 6.07) is 9.66. The molecule has 16 heavy (non-hydrogen) atoms. The van der Waals surface area contributed by atoms with E-state index >= 15 is 0 Å². The summed E-state index contributed by atoms with van der Waals surface area (Å²) >= 11 is 0. The molecule has 1 aromatic carbocycles. The highest BCUT2D eigenvalue weighted by molar-refractivity contribution is 5.84. The Hall–Kier alpha value is -1.82. The number of aldehydes is 1. The average molecular weight is 216 g/mol. The topological polar surface area (TPSA) is 44.1 Å². The number of hydrogen-bond acceptors (Lipinski definition) is 3. The second-order valence-corrected chi connectivity index (χ2v) is 3.75. The normalized spacial score (nSPS) is 11.6. The lowest BCUT2D eigenvalue weighted by atomic mass is 10.1. The van der Waals surface area contributed by atoms with Gasteiger partial charge in [-0.3, -0.25) is 4.79 Å². The molecule has 1 atom stereocenters. The second-order valence-electron chi connectivity index (χ2n) is 3.75. The van der Waals surface area contributed by atoms with Crippen molar-refractivity contribution < 1.29 is 4.79 Å². The lowest BCUT2D eigenvalue weighted by molar-refractivity contribution is 0.112. The molecule has 0 bridgehead atoms. The molecule has 1 aromatic rings. The Labute approximate surface area is 96.3 Å². The summed E-state index contributed by atoms with van der Waals surface area (Å²) in [6.45, 7) is 5.34. The summed E-state index contributed by atoms with van der Waals surface area (Å²) < 4.78 is 0. The van der Waals surface area contributed by atoms with Crippen molar-refractivity contribution in [1.82, 2.24) is 0 Å². The van der Waals surface area contributed by atoms with E-state index in [0.717, 1.165) is 18.5 Å². The van der Waals surface area contributed by atoms with E-state index in [-0.39, 0.29) is 5.92 Å². The summed E-state index contributed by atoms with van der Waals surface area (Å²) in [7, 11) is 0. The summed E-state index contributed by atoms with van der Waals surface area (Å²) in [5, 5.41) is 8.81. The van der Waals surface area contributed by atoms with Crippen molar-refractivity contribution in [2.45, 2.75) is 13.8 Å². The molecule has 0 N–H and O–H groups in total. The highest BCUT2D eigenvalue weighted by Crippen LogP contribution is 2.19. The van der Waals surface area contributed by atoms with E-state index in [1.165, 1.54) is 0 Å². The maximum absolute atomic E-state index is 10.9. The summed E-state index contributed by atoms with van der Waals surface area (Å²) in [4.78, 5) is 13.0. The van der Waals surface area contributed by atoms with E-state index in [1.54, 1.807) is 6.07 Å². The first kappa shape index (κ1) is 12.3. The zero-order valence-corrected chi connectivity index (χ0v) is 9.68. The lowest BCUT2D eigenvalue weighted by Gasteiger charge is -2.25. The number of para-hydroxylation sites is 1. The number of carbonyl (C=O) groups is 1. The van der Waals surface area contributed by atoms with Crippen LogP contribution in [0.4, 0.5) is 5.69 Å². The van der Waals surface area contributed by atoms with Gasteiger partial charge in [0.1, 0.15) is 0 Å². The van der Waals surface area contributed by atoms with Crippen molar-refractivity contribution >= 4 is 12.0 Å². The third-order valence-electron chi connectivity index (χ3n) is 2.50. The molecule has 84 valence electrons. The van der Waals surface area contributed by atoms with Crippen LogP contribution in [0.2, 0.25) is 0 Å². The van der Waals surface area contributed by atoms with Crippen molar-refractivity contribution in [1.29, 1.82) is 5.26 Å². The first-order valence-corrected chi connectivity index (χ1v) is 5.41. The van der Waals surface area contributed by atoms with Gasteiger partial charge in [-0.05, 0) is 26.0 Å². The third-order valence-corrected chi connectivity index (χ3v) is 2.50. The van der Waals surface area contributed by atoms with Crippen molar-refractivity contribution in [2.24, 2.45) is 5.92 Å². The van der Waals surface area contributed by atoms with E-state index in [0.29, 0.717) is 12.1 Å². The standard InChI is InChI=1S/C13H16N2O/c1-3-15(9-11(2)8-14)13-7-5-4-6-12(13)10-16/h4-7,10-11H,3,9H2,1-2H3. The van der Waals surface area contributed by atoms with Crippen LogP contribution in [0.3, 0.4) is 0 Å². The van der Waals surface area contributed by atoms with Gasteiger partial charge in [0.25, 0.3) is 0 Å². The van der Waals surface area contributed by atoms with Crippen LogP contribution in [0.25, 0.3) is 0 Å². The SMILES string of the molecule is CCN(CC(C)C#N)c1ccccc1C=O. The van der Waals surface area contributed by atoms with Gasteiger partial charge in [-0.2, -0.15) is 5.26 Å². The molecule has 0 aliphatic heterocycles. The van der Waals surface area contributed by atoms with Gasteiger partial charge >= 0.3 is 0 Å². The molecule has 0 heterocycles. The Bertz CT molecular complexity index is 395. The van der Waals surface area contributed by atoms with Crippen LogP contribution in [0, 0.1) is 17.2 Å². The molecule has 0 aromatic heterocycles. The Kier molecular flexibility index (Phi) is 4.53. The van der Waals surface area contributed by atoms with Crippen molar-refractivity contribution in [3.05, 3.63) is 29.8 Å². The molecule has 0 aliphatic rings. The number of anilines is 1. The molecular weight excluding hydrogens is 200 g/mol. The van der Waals surface area contributed by atoms with E-state index in [4.69, 9.17) is 5.26 Å². The molecular formula is C13H16N2O. The van der Waals surface area contributed by atoms with Crippen LogP contribution in [0.15, 0.2) is 24.3 Å². The molecule has 0 radical (unpaired) electrons. The Morgan fingerprint density at radius 1 is 1.50 bits per heavy atom. The Balaban J connectivity index is 2.95. The number of carbonyl (C=O) groups excluding carboxylic acids is 1. The summed E-state index contributed by atoms with van der Waals surface area (Å²) in [5.74, 6) is -0.0420. The first-order chi connectivity index (χ1) is 7.72. The van der Waals surface area contributed by atoms with Gasteiger partial charge < -0.3 is 4.90 Å². The van der Waals surface area contributed by atoms with Crippen molar-refractivity contribution in [3.63, 3.8) is 0 Å². The number of hydrogen-bond donors (Lipinski definition) is 0. The number of nitriles is 1. The zero-order valence-electron chi connectivity index (χ0n) is 9.68. The van der Waals surface area contributed by atoms with Crippen LogP contribution in [0.1, 0.15) is 24.2 Å². The minimum Gasteiger partial charge on any atom is -0.370 e. The van der Waals surface area contributed by atoms with Crippen LogP contribution < -0.4 is 4.90 Å². The fraction of sp³-hybridized carbons (Fsp3) is 0.385. The zero-order chi connectivity index (χ0) is 12.0. The minimum atomic E-state index is -0.0420. The van der Waals surface area contributed by atoms with Gasteiger partial charge in [-0.15, -0.1) is 0 Å². The summed E-state index contributed by atoms with van der Waals surface area (Å²) in [6.07, 6.45) is 0.856. The average Bonchev–Trinajstić information content (AvgIpc) is 2.35. The molecule has 1 rings (SSSR count). The smallest absolute Gasteiger partial charge is 0.152 e. The number of nitrogens with zero attached hydrogens (tertiary/aromatic N) is 2. The predicted octanol–water partition coefficient (Wildman–Crippen LogP) is 2.49. The fourth-order valence-corrected chi connectivity index (χ4v) is 1.64. The number of benzene rings is 1. The Morgan fingerprint density at radius 2 is 2.19 bits per heavy atom. The molecule has 3 heteroatoms. The fourth-order valence-electron chi connectivity index (χ4n) is 1.64. The highest BCUT2D eigenvalue weighted by atomic mass is 16.1. The number of rotatable bonds is 5. The van der Waals surface area contributed by atoms with Crippen molar-refractivity contribution in [2.75, 3.05) is 18.0 Å². The van der Waals surface area contributed by atoms with Gasteiger partial charge in [0.15, 0.2) is 6.29 Å². The van der Waals surface area contributed by atoms with Crippen LogP contribution in [0.5, 0.6) is 0 Å². The molecule has 0 spiro atoms. The molecule has 0 saturated heterocycles. The largest absolute Gasteiger partial charge is 0.370 e. The molecule has 1 unspecified atom stereocenters. The summed E-state index contributed by atoms with van der Waals surface area (Å²) in [5.41, 5.74) is 1.58. The van der Waals surface area contributed by atoms with E-state index in [9.17, 15) is 4.79 Å². The predicted molar refractivity (Wildman–Crippen MR) is 64.5 cm³/mol. The van der Waals surface area contributed by atoms with Gasteiger partial charge in [-0.1, -0.05) is 12.1 Å². The monoisotopic (exact) mass is 216 g/mol. The van der Waals surface area contributed by atoms with Crippen LogP contribution in [-0.2, 0) is 0 Å². The van der Waals surface area contributed by atoms with Gasteiger partial charge in [-0.25, -0.2) is 0 Å². The minimum absolute atomic E-state index is 0.0420. The van der Waals surface area contributed by atoms with E-state index < -0.39 is 0 Å². The highest BCUT2D eigenvalue weighted by Gasteiger charge is 2.11. The van der Waals surface area contributed by atoms with E-state index in [1.807, 2.05) is 32.0 Å². The van der Waals surface area contributed by atoms with Gasteiger partial charge in [0.05, 0.1) is 12.0 Å². The second kappa shape index (κ2) is 5.92. The maximum Gasteiger partial charge on any atom is 0.152 e. The maximum atomic E-state index is 10.9. The van der Waals surface area contributed by atoms with E-state index in [2.05, 4.69) is 11.0 Å². The first-order valence-electron chi connectivity index (χ1n) is 5.41. The van der Waals surface area contributed by atoms with Gasteiger partial charge in [0, 0.05) is 24.3 Å². The quantitative estimate of drug-likeness (QED) is 0.710. The molecule has 0 aliphatic carbocycles. The van der Waals surface area contributed by atoms with Crippen LogP contribution in [-0.4, -0.2) is 19.4 Å². The molecule has 0 amide bonds. The van der Waals surface area contributed by atoms with Crippen LogP contribution >= 0.6 is 0 Å². The van der Waals surface area contributed by atoms with Gasteiger partial charge in [0.2, 0.25) is 0 Å². The third kappa shape index (κ3) is 2.83. The lowest BCUT2D eigenvalue weighted by Crippen LogP contribution is -2.28.